The van der Waals surface area contributed by atoms with Gasteiger partial charge in [-0.25, -0.2) is 0 Å². The molecule has 2 aromatic rings. The summed E-state index contributed by atoms with van der Waals surface area (Å²) in [5.41, 5.74) is 1.94. The number of carbonyl (C=O) groups is 1. The highest BCUT2D eigenvalue weighted by Crippen LogP contribution is 2.27. The van der Waals surface area contributed by atoms with Crippen molar-refractivity contribution in [2.24, 2.45) is 0 Å². The van der Waals surface area contributed by atoms with Gasteiger partial charge in [0, 0.05) is 39.5 Å². The van der Waals surface area contributed by atoms with Crippen LogP contribution in [0.3, 0.4) is 0 Å². The topological polar surface area (TPSA) is 29.1 Å². The van der Waals surface area contributed by atoms with Crippen molar-refractivity contribution in [3.63, 3.8) is 0 Å². The van der Waals surface area contributed by atoms with Gasteiger partial charge in [-0.3, -0.25) is 4.79 Å². The fourth-order valence-corrected chi connectivity index (χ4v) is 3.97. The van der Waals surface area contributed by atoms with Crippen LogP contribution < -0.4 is 5.32 Å². The van der Waals surface area contributed by atoms with Gasteiger partial charge in [0.05, 0.1) is 0 Å². The quantitative estimate of drug-likeness (QED) is 0.580. The summed E-state index contributed by atoms with van der Waals surface area (Å²) in [5, 5.41) is 4.98. The molecule has 0 saturated carbocycles. The lowest BCUT2D eigenvalue weighted by Gasteiger charge is -2.08. The van der Waals surface area contributed by atoms with E-state index in [0.29, 0.717) is 34.5 Å². The summed E-state index contributed by atoms with van der Waals surface area (Å²) in [5.74, 6) is 1.57. The molecule has 0 fully saturated rings. The van der Waals surface area contributed by atoms with Crippen LogP contribution in [0.5, 0.6) is 0 Å². The zero-order valence-electron chi connectivity index (χ0n) is 13.0. The molecule has 6 heteroatoms. The van der Waals surface area contributed by atoms with E-state index in [1.165, 1.54) is 0 Å². The average molecular weight is 403 g/mol. The van der Waals surface area contributed by atoms with Crippen molar-refractivity contribution >= 4 is 52.5 Å². The lowest BCUT2D eigenvalue weighted by Crippen LogP contribution is -2.26. The first kappa shape index (κ1) is 19.5. The van der Waals surface area contributed by atoms with E-state index in [9.17, 15) is 4.79 Å². The van der Waals surface area contributed by atoms with Crippen molar-refractivity contribution in [1.29, 1.82) is 0 Å². The van der Waals surface area contributed by atoms with Gasteiger partial charge < -0.3 is 5.32 Å². The maximum Gasteiger partial charge on any atom is 0.220 e. The first-order chi connectivity index (χ1) is 11.6. The van der Waals surface area contributed by atoms with Crippen molar-refractivity contribution < 1.29 is 4.79 Å². The van der Waals surface area contributed by atoms with Crippen molar-refractivity contribution in [2.45, 2.75) is 18.6 Å². The molecule has 24 heavy (non-hydrogen) atoms. The minimum Gasteiger partial charge on any atom is -0.355 e. The van der Waals surface area contributed by atoms with Crippen LogP contribution in [0, 0.1) is 0 Å². The summed E-state index contributed by atoms with van der Waals surface area (Å²) in [7, 11) is 0. The molecule has 2 aromatic carbocycles. The first-order valence-corrected chi connectivity index (χ1v) is 9.87. The van der Waals surface area contributed by atoms with Crippen molar-refractivity contribution in [2.75, 3.05) is 12.3 Å². The Balaban J connectivity index is 1.64. The number of halogens is 3. The Kier molecular flexibility index (Phi) is 8.26. The molecular weight excluding hydrogens is 385 g/mol. The molecule has 1 N–H and O–H groups in total. The maximum atomic E-state index is 11.9. The van der Waals surface area contributed by atoms with E-state index in [4.69, 9.17) is 34.8 Å². The third-order valence-corrected chi connectivity index (χ3v) is 5.52. The molecule has 128 valence electrons. The van der Waals surface area contributed by atoms with Crippen LogP contribution in [-0.2, 0) is 17.0 Å². The van der Waals surface area contributed by atoms with Crippen molar-refractivity contribution in [3.05, 3.63) is 68.7 Å². The van der Waals surface area contributed by atoms with Gasteiger partial charge in [0.2, 0.25) is 5.91 Å². The molecule has 2 nitrogen and oxygen atoms in total. The molecule has 0 aliphatic rings. The zero-order chi connectivity index (χ0) is 17.4. The molecule has 0 unspecified atom stereocenters. The number of nitrogens with one attached hydrogen (secondary N) is 1. The SMILES string of the molecule is O=C(CCc1ccccc1Cl)NCCSCc1c(Cl)cccc1Cl. The average Bonchev–Trinajstić information content (AvgIpc) is 2.56. The summed E-state index contributed by atoms with van der Waals surface area (Å²) < 4.78 is 0. The van der Waals surface area contributed by atoms with E-state index in [-0.39, 0.29) is 5.91 Å². The minimum absolute atomic E-state index is 0.0336. The Morgan fingerprint density at radius 3 is 2.33 bits per heavy atom. The molecule has 2 rings (SSSR count). The number of rotatable bonds is 8. The standard InChI is InChI=1S/C18H18Cl3NOS/c19-15-5-2-1-4-13(15)8-9-18(23)22-10-11-24-12-14-16(20)6-3-7-17(14)21/h1-7H,8-12H2,(H,22,23). The highest BCUT2D eigenvalue weighted by Gasteiger charge is 2.06. The number of carbonyl (C=O) groups excluding carboxylic acids is 1. The van der Waals surface area contributed by atoms with Gasteiger partial charge in [0.1, 0.15) is 0 Å². The lowest BCUT2D eigenvalue weighted by atomic mass is 10.1. The molecule has 0 heterocycles. The second-order valence-electron chi connectivity index (χ2n) is 5.19. The van der Waals surface area contributed by atoms with Gasteiger partial charge in [-0.05, 0) is 35.7 Å². The van der Waals surface area contributed by atoms with Crippen LogP contribution >= 0.6 is 46.6 Å². The van der Waals surface area contributed by atoms with E-state index < -0.39 is 0 Å². The van der Waals surface area contributed by atoms with Gasteiger partial charge >= 0.3 is 0 Å². The highest BCUT2D eigenvalue weighted by atomic mass is 35.5. The number of thioether (sulfide) groups is 1. The molecule has 0 spiro atoms. The Morgan fingerprint density at radius 1 is 0.958 bits per heavy atom. The monoisotopic (exact) mass is 401 g/mol. The van der Waals surface area contributed by atoms with Crippen LogP contribution in [0.4, 0.5) is 0 Å². The molecular formula is C18H18Cl3NOS. The van der Waals surface area contributed by atoms with Crippen molar-refractivity contribution in [3.8, 4) is 0 Å². The fourth-order valence-electron chi connectivity index (χ4n) is 2.14. The van der Waals surface area contributed by atoms with Crippen LogP contribution in [0.15, 0.2) is 42.5 Å². The molecule has 0 bridgehead atoms. The molecule has 0 radical (unpaired) electrons. The van der Waals surface area contributed by atoms with Crippen LogP contribution in [-0.4, -0.2) is 18.2 Å². The third kappa shape index (κ3) is 6.21. The molecule has 0 aliphatic carbocycles. The van der Waals surface area contributed by atoms with Gasteiger partial charge in [-0.1, -0.05) is 59.1 Å². The van der Waals surface area contributed by atoms with E-state index in [1.54, 1.807) is 11.8 Å². The molecule has 0 saturated heterocycles. The molecule has 0 atom stereocenters. The molecule has 1 amide bonds. The fraction of sp³-hybridized carbons (Fsp3) is 0.278. The van der Waals surface area contributed by atoms with E-state index in [2.05, 4.69) is 5.32 Å². The summed E-state index contributed by atoms with van der Waals surface area (Å²) in [6, 6.07) is 13.1. The summed E-state index contributed by atoms with van der Waals surface area (Å²) in [4.78, 5) is 11.9. The lowest BCUT2D eigenvalue weighted by molar-refractivity contribution is -0.120. The predicted octanol–water partition coefficient (Wildman–Crippen LogP) is 5.63. The first-order valence-electron chi connectivity index (χ1n) is 7.58. The smallest absolute Gasteiger partial charge is 0.220 e. The summed E-state index contributed by atoms with van der Waals surface area (Å²) in [6.45, 7) is 0.619. The second-order valence-corrected chi connectivity index (χ2v) is 7.52. The predicted molar refractivity (Wildman–Crippen MR) is 105 cm³/mol. The Bertz CT molecular complexity index is 673. The zero-order valence-corrected chi connectivity index (χ0v) is 16.1. The van der Waals surface area contributed by atoms with E-state index >= 15 is 0 Å². The number of hydrogen-bond donors (Lipinski definition) is 1. The van der Waals surface area contributed by atoms with E-state index in [0.717, 1.165) is 22.6 Å². The van der Waals surface area contributed by atoms with Gasteiger partial charge in [0.15, 0.2) is 0 Å². The van der Waals surface area contributed by atoms with Gasteiger partial charge in [0.25, 0.3) is 0 Å². The maximum absolute atomic E-state index is 11.9. The van der Waals surface area contributed by atoms with Crippen LogP contribution in [0.2, 0.25) is 15.1 Å². The van der Waals surface area contributed by atoms with Crippen LogP contribution in [0.1, 0.15) is 17.5 Å². The molecule has 0 aliphatic heterocycles. The van der Waals surface area contributed by atoms with Crippen molar-refractivity contribution in [1.82, 2.24) is 5.32 Å². The number of hydrogen-bond acceptors (Lipinski definition) is 2. The summed E-state index contributed by atoms with van der Waals surface area (Å²) in [6.07, 6.45) is 1.08. The second kappa shape index (κ2) is 10.2. The Morgan fingerprint density at radius 2 is 1.62 bits per heavy atom. The normalized spacial score (nSPS) is 10.6. The minimum atomic E-state index is 0.0336. The highest BCUT2D eigenvalue weighted by molar-refractivity contribution is 7.98. The third-order valence-electron chi connectivity index (χ3n) is 3.46. The number of amides is 1. The number of benzene rings is 2. The summed E-state index contributed by atoms with van der Waals surface area (Å²) >= 11 is 20.0. The Hall–Kier alpha value is -0.870. The van der Waals surface area contributed by atoms with Gasteiger partial charge in [-0.15, -0.1) is 0 Å². The van der Waals surface area contributed by atoms with E-state index in [1.807, 2.05) is 42.5 Å². The molecule has 0 aromatic heterocycles. The number of aryl methyl sites for hydroxylation is 1. The largest absolute Gasteiger partial charge is 0.355 e. The van der Waals surface area contributed by atoms with Gasteiger partial charge in [-0.2, -0.15) is 11.8 Å². The Labute approximate surface area is 161 Å². The van der Waals surface area contributed by atoms with Crippen LogP contribution in [0.25, 0.3) is 0 Å².